The molecule has 0 aliphatic rings. The summed E-state index contributed by atoms with van der Waals surface area (Å²) in [4.78, 5) is 22.8. The molecule has 1 unspecified atom stereocenters. The highest BCUT2D eigenvalue weighted by molar-refractivity contribution is 6.63. The summed E-state index contributed by atoms with van der Waals surface area (Å²) in [6.45, 7) is 4.86. The van der Waals surface area contributed by atoms with Crippen molar-refractivity contribution in [2.24, 2.45) is 5.92 Å². The second kappa shape index (κ2) is 16.3. The third-order valence-electron chi connectivity index (χ3n) is 4.16. The molecule has 1 atom stereocenters. The summed E-state index contributed by atoms with van der Waals surface area (Å²) >= 11 is 5.29. The second-order valence-corrected chi connectivity index (χ2v) is 6.80. The number of hydrogen-bond donors (Lipinski definition) is 0. The molecule has 0 rings (SSSR count). The van der Waals surface area contributed by atoms with Crippen LogP contribution in [0, 0.1) is 5.92 Å². The van der Waals surface area contributed by atoms with Crippen molar-refractivity contribution in [2.45, 2.75) is 97.3 Å². The summed E-state index contributed by atoms with van der Waals surface area (Å²) in [5, 5.41) is -0.265. The molecule has 0 aromatic carbocycles. The van der Waals surface area contributed by atoms with Gasteiger partial charge in [0.05, 0.1) is 12.5 Å². The Balaban J connectivity index is 3.82. The first-order chi connectivity index (χ1) is 11.1. The van der Waals surface area contributed by atoms with E-state index in [0.717, 1.165) is 57.8 Å². The molecule has 0 saturated carbocycles. The minimum atomic E-state index is -0.265. The summed E-state index contributed by atoms with van der Waals surface area (Å²) in [5.41, 5.74) is 0. The monoisotopic (exact) mass is 346 g/mol. The Bertz CT molecular complexity index is 305. The van der Waals surface area contributed by atoms with Crippen molar-refractivity contribution in [2.75, 3.05) is 6.61 Å². The number of hydrogen-bond acceptors (Lipinski definition) is 3. The highest BCUT2D eigenvalue weighted by Crippen LogP contribution is 2.19. The van der Waals surface area contributed by atoms with E-state index in [1.807, 2.05) is 0 Å². The Morgan fingerprint density at radius 3 is 2.09 bits per heavy atom. The molecule has 0 bridgehead atoms. The normalized spacial score (nSPS) is 12.1. The number of carbonyl (C=O) groups is 2. The van der Waals surface area contributed by atoms with Crippen LogP contribution in [0.3, 0.4) is 0 Å². The Morgan fingerprint density at radius 2 is 1.43 bits per heavy atom. The van der Waals surface area contributed by atoms with Gasteiger partial charge in [0.2, 0.25) is 5.24 Å². The molecule has 0 saturated heterocycles. The summed E-state index contributed by atoms with van der Waals surface area (Å²) in [6, 6.07) is 0. The van der Waals surface area contributed by atoms with Crippen LogP contribution >= 0.6 is 11.6 Å². The third-order valence-corrected chi connectivity index (χ3v) is 4.35. The van der Waals surface area contributed by atoms with Gasteiger partial charge in [-0.15, -0.1) is 0 Å². The van der Waals surface area contributed by atoms with E-state index in [9.17, 15) is 9.59 Å². The highest BCUT2D eigenvalue weighted by Gasteiger charge is 2.18. The van der Waals surface area contributed by atoms with Crippen molar-refractivity contribution in [1.29, 1.82) is 0 Å². The molecule has 0 spiro atoms. The smallest absolute Gasteiger partial charge is 0.308 e. The minimum absolute atomic E-state index is 0.00844. The highest BCUT2D eigenvalue weighted by atomic mass is 35.5. The summed E-state index contributed by atoms with van der Waals surface area (Å²) in [6.07, 6.45) is 13.0. The third kappa shape index (κ3) is 14.7. The Labute approximate surface area is 147 Å². The summed E-state index contributed by atoms with van der Waals surface area (Å²) in [5.74, 6) is 0.0755. The predicted octanol–water partition coefficient (Wildman–Crippen LogP) is 6.02. The topological polar surface area (TPSA) is 43.4 Å². The fourth-order valence-electron chi connectivity index (χ4n) is 2.66. The van der Waals surface area contributed by atoms with Gasteiger partial charge in [0.25, 0.3) is 0 Å². The van der Waals surface area contributed by atoms with Gasteiger partial charge in [-0.2, -0.15) is 0 Å². The predicted molar refractivity (Wildman–Crippen MR) is 96.7 cm³/mol. The molecule has 4 heteroatoms. The zero-order valence-electron chi connectivity index (χ0n) is 15.1. The molecule has 0 N–H and O–H groups in total. The molecule has 3 nitrogen and oxygen atoms in total. The van der Waals surface area contributed by atoms with Crippen LogP contribution in [0.2, 0.25) is 0 Å². The molecule has 0 radical (unpaired) electrons. The summed E-state index contributed by atoms with van der Waals surface area (Å²) in [7, 11) is 0. The van der Waals surface area contributed by atoms with Gasteiger partial charge in [-0.3, -0.25) is 9.59 Å². The summed E-state index contributed by atoms with van der Waals surface area (Å²) < 4.78 is 5.45. The molecule has 0 aliphatic carbocycles. The van der Waals surface area contributed by atoms with Crippen LogP contribution < -0.4 is 0 Å². The molecular formula is C19H35ClO3. The van der Waals surface area contributed by atoms with Crippen LogP contribution in [-0.2, 0) is 14.3 Å². The number of rotatable bonds is 16. The molecule has 0 fully saturated rings. The van der Waals surface area contributed by atoms with Crippen molar-refractivity contribution in [3.05, 3.63) is 0 Å². The lowest BCUT2D eigenvalue weighted by molar-refractivity contribution is -0.149. The van der Waals surface area contributed by atoms with E-state index in [1.165, 1.54) is 19.3 Å². The number of ether oxygens (including phenoxy) is 1. The second-order valence-electron chi connectivity index (χ2n) is 6.38. The van der Waals surface area contributed by atoms with Crippen molar-refractivity contribution >= 4 is 22.8 Å². The van der Waals surface area contributed by atoms with Crippen LogP contribution in [0.1, 0.15) is 97.3 Å². The van der Waals surface area contributed by atoms with Crippen molar-refractivity contribution in [1.82, 2.24) is 0 Å². The standard InChI is InChI=1S/C19H35ClO3/c1-3-5-7-10-14-17(13-6-4-2)19(22)23-16-12-9-8-11-15-18(20)21/h17H,3-16H2,1-2H3. The van der Waals surface area contributed by atoms with E-state index in [4.69, 9.17) is 16.3 Å². The Hall–Kier alpha value is -0.570. The molecule has 0 heterocycles. The maximum Gasteiger partial charge on any atom is 0.308 e. The minimum Gasteiger partial charge on any atom is -0.465 e. The van der Waals surface area contributed by atoms with Gasteiger partial charge in [-0.05, 0) is 37.3 Å². The van der Waals surface area contributed by atoms with E-state index < -0.39 is 0 Å². The Kier molecular flexibility index (Phi) is 15.9. The van der Waals surface area contributed by atoms with Crippen LogP contribution in [-0.4, -0.2) is 17.8 Å². The first-order valence-corrected chi connectivity index (χ1v) is 9.84. The quantitative estimate of drug-likeness (QED) is 0.195. The SMILES string of the molecule is CCCCCCC(CCCC)C(=O)OCCCCCCC(=O)Cl. The van der Waals surface area contributed by atoms with Crippen molar-refractivity contribution in [3.63, 3.8) is 0 Å². The van der Waals surface area contributed by atoms with Gasteiger partial charge in [0.1, 0.15) is 0 Å². The lowest BCUT2D eigenvalue weighted by Gasteiger charge is -2.15. The van der Waals surface area contributed by atoms with Gasteiger partial charge >= 0.3 is 5.97 Å². The van der Waals surface area contributed by atoms with Crippen molar-refractivity contribution in [3.8, 4) is 0 Å². The van der Waals surface area contributed by atoms with Crippen LogP contribution in [0.4, 0.5) is 0 Å². The van der Waals surface area contributed by atoms with E-state index in [2.05, 4.69) is 13.8 Å². The van der Waals surface area contributed by atoms with Crippen LogP contribution in [0.5, 0.6) is 0 Å². The molecule has 0 aromatic heterocycles. The molecule has 0 amide bonds. The lowest BCUT2D eigenvalue weighted by atomic mass is 9.95. The molecule has 0 aliphatic heterocycles. The van der Waals surface area contributed by atoms with E-state index in [0.29, 0.717) is 13.0 Å². The average molecular weight is 347 g/mol. The van der Waals surface area contributed by atoms with Crippen LogP contribution in [0.25, 0.3) is 0 Å². The Morgan fingerprint density at radius 1 is 0.826 bits per heavy atom. The lowest BCUT2D eigenvalue weighted by Crippen LogP contribution is -2.18. The maximum atomic E-state index is 12.2. The fraction of sp³-hybridized carbons (Fsp3) is 0.895. The van der Waals surface area contributed by atoms with Gasteiger partial charge < -0.3 is 4.74 Å². The number of halogens is 1. The first-order valence-electron chi connectivity index (χ1n) is 9.46. The number of carbonyl (C=O) groups excluding carboxylic acids is 2. The van der Waals surface area contributed by atoms with E-state index in [-0.39, 0.29) is 17.1 Å². The van der Waals surface area contributed by atoms with Gasteiger partial charge in [0.15, 0.2) is 0 Å². The number of esters is 1. The molecular weight excluding hydrogens is 312 g/mol. The fourth-order valence-corrected chi connectivity index (χ4v) is 2.79. The number of unbranched alkanes of at least 4 members (excludes halogenated alkanes) is 7. The zero-order chi connectivity index (χ0) is 17.3. The van der Waals surface area contributed by atoms with Gasteiger partial charge in [-0.25, -0.2) is 0 Å². The largest absolute Gasteiger partial charge is 0.465 e. The molecule has 23 heavy (non-hydrogen) atoms. The van der Waals surface area contributed by atoms with Crippen LogP contribution in [0.15, 0.2) is 0 Å². The molecule has 0 aromatic rings. The van der Waals surface area contributed by atoms with Gasteiger partial charge in [0, 0.05) is 6.42 Å². The molecule has 136 valence electrons. The van der Waals surface area contributed by atoms with E-state index >= 15 is 0 Å². The average Bonchev–Trinajstić information content (AvgIpc) is 2.52. The van der Waals surface area contributed by atoms with Gasteiger partial charge in [-0.1, -0.05) is 65.2 Å². The maximum absolute atomic E-state index is 12.2. The first kappa shape index (κ1) is 22.4. The van der Waals surface area contributed by atoms with E-state index in [1.54, 1.807) is 0 Å². The zero-order valence-corrected chi connectivity index (χ0v) is 15.8. The van der Waals surface area contributed by atoms with Crippen molar-refractivity contribution < 1.29 is 14.3 Å².